The molecule has 1 amide bonds. The van der Waals surface area contributed by atoms with Crippen LogP contribution in [-0.2, 0) is 11.3 Å². The monoisotopic (exact) mass is 429 g/mol. The van der Waals surface area contributed by atoms with Crippen LogP contribution in [0.15, 0.2) is 18.2 Å². The number of aromatic nitrogens is 2. The van der Waals surface area contributed by atoms with Crippen molar-refractivity contribution in [3.63, 3.8) is 0 Å². The summed E-state index contributed by atoms with van der Waals surface area (Å²) in [5.74, 6) is 0.547. The number of halogens is 1. The van der Waals surface area contributed by atoms with Crippen molar-refractivity contribution in [2.75, 3.05) is 6.61 Å². The Bertz CT molecular complexity index is 915. The highest BCUT2D eigenvalue weighted by Crippen LogP contribution is 2.31. The molecule has 0 spiro atoms. The maximum Gasteiger partial charge on any atom is 0.414 e. The smallest absolute Gasteiger partial charge is 0.389 e. The van der Waals surface area contributed by atoms with Crippen molar-refractivity contribution >= 4 is 6.09 Å². The van der Waals surface area contributed by atoms with Crippen LogP contribution in [-0.4, -0.2) is 34.4 Å². The number of imidazole rings is 1. The van der Waals surface area contributed by atoms with Crippen molar-refractivity contribution in [1.82, 2.24) is 14.9 Å². The van der Waals surface area contributed by atoms with Crippen LogP contribution >= 0.6 is 0 Å². The van der Waals surface area contributed by atoms with Crippen molar-refractivity contribution in [3.05, 3.63) is 35.3 Å². The van der Waals surface area contributed by atoms with Gasteiger partial charge in [0.1, 0.15) is 11.6 Å². The minimum absolute atomic E-state index is 0.0678. The van der Waals surface area contributed by atoms with E-state index in [0.717, 1.165) is 62.8 Å². The molecule has 6 nitrogen and oxygen atoms in total. The summed E-state index contributed by atoms with van der Waals surface area (Å²) in [6.07, 6.45) is 8.20. The maximum atomic E-state index is 14.0. The van der Waals surface area contributed by atoms with Gasteiger partial charge in [-0.1, -0.05) is 25.3 Å². The molecule has 1 aliphatic carbocycles. The molecule has 2 heterocycles. The second-order valence-electron chi connectivity index (χ2n) is 8.75. The van der Waals surface area contributed by atoms with Gasteiger partial charge in [-0.3, -0.25) is 0 Å². The molecule has 1 unspecified atom stereocenters. The molecule has 2 fully saturated rings. The maximum absolute atomic E-state index is 14.0. The topological polar surface area (TPSA) is 65.4 Å². The molecule has 1 aromatic carbocycles. The number of hydrogen-bond donors (Lipinski definition) is 1. The van der Waals surface area contributed by atoms with Crippen LogP contribution in [0.2, 0.25) is 0 Å². The minimum Gasteiger partial charge on any atom is -0.389 e. The summed E-state index contributed by atoms with van der Waals surface area (Å²) in [4.78, 5) is 17.2. The highest BCUT2D eigenvalue weighted by atomic mass is 19.1. The van der Waals surface area contributed by atoms with Gasteiger partial charge in [0.25, 0.3) is 0 Å². The fraction of sp³-hybridized carbons (Fsp3) is 0.583. The Hall–Kier alpha value is -2.41. The first-order valence-electron chi connectivity index (χ1n) is 11.4. The molecule has 7 heteroatoms. The normalized spacial score (nSPS) is 19.9. The number of amides is 1. The molecule has 1 saturated heterocycles. The highest BCUT2D eigenvalue weighted by molar-refractivity contribution is 5.71. The number of ether oxygens (including phenoxy) is 2. The van der Waals surface area contributed by atoms with Gasteiger partial charge in [0.15, 0.2) is 0 Å². The fourth-order valence-corrected chi connectivity index (χ4v) is 4.56. The lowest BCUT2D eigenvalue weighted by molar-refractivity contribution is 0.00593. The van der Waals surface area contributed by atoms with E-state index in [1.165, 1.54) is 18.6 Å². The first kappa shape index (κ1) is 21.8. The molecular weight excluding hydrogens is 397 g/mol. The molecule has 31 heavy (non-hydrogen) atoms. The molecule has 1 aliphatic heterocycles. The van der Waals surface area contributed by atoms with E-state index in [0.29, 0.717) is 17.9 Å². The van der Waals surface area contributed by atoms with Crippen LogP contribution < -0.4 is 10.1 Å². The summed E-state index contributed by atoms with van der Waals surface area (Å²) < 4.78 is 27.6. The van der Waals surface area contributed by atoms with Crippen LogP contribution in [0.4, 0.5) is 9.18 Å². The summed E-state index contributed by atoms with van der Waals surface area (Å²) in [5, 5.41) is 2.97. The Balaban J connectivity index is 1.61. The van der Waals surface area contributed by atoms with E-state index in [4.69, 9.17) is 9.47 Å². The molecule has 1 saturated carbocycles. The first-order chi connectivity index (χ1) is 15.0. The third kappa shape index (κ3) is 5.26. The molecule has 1 atom stereocenters. The van der Waals surface area contributed by atoms with Gasteiger partial charge in [-0.05, 0) is 63.6 Å². The van der Waals surface area contributed by atoms with Gasteiger partial charge < -0.3 is 19.4 Å². The SMILES string of the molecule is Cc1ccc(F)cc1-c1nc(OC(=O)NC2CCCCC2)c(C)n1CC1CCCCO1. The Morgan fingerprint density at radius 2 is 1.97 bits per heavy atom. The zero-order chi connectivity index (χ0) is 21.8. The Morgan fingerprint density at radius 3 is 2.71 bits per heavy atom. The molecule has 168 valence electrons. The molecule has 2 aliphatic rings. The van der Waals surface area contributed by atoms with Crippen molar-refractivity contribution in [2.24, 2.45) is 0 Å². The van der Waals surface area contributed by atoms with E-state index in [1.54, 1.807) is 6.07 Å². The number of carbonyl (C=O) groups is 1. The van der Waals surface area contributed by atoms with E-state index in [1.807, 2.05) is 18.4 Å². The van der Waals surface area contributed by atoms with E-state index in [-0.39, 0.29) is 23.8 Å². The van der Waals surface area contributed by atoms with Crippen molar-refractivity contribution in [1.29, 1.82) is 0 Å². The Kier molecular flexibility index (Phi) is 6.90. The fourth-order valence-electron chi connectivity index (χ4n) is 4.56. The second-order valence-corrected chi connectivity index (χ2v) is 8.75. The summed E-state index contributed by atoms with van der Waals surface area (Å²) >= 11 is 0. The number of nitrogens with zero attached hydrogens (tertiary/aromatic N) is 2. The summed E-state index contributed by atoms with van der Waals surface area (Å²) in [5.41, 5.74) is 2.35. The molecule has 0 bridgehead atoms. The predicted molar refractivity (Wildman–Crippen MR) is 117 cm³/mol. The number of rotatable bonds is 5. The summed E-state index contributed by atoms with van der Waals surface area (Å²) in [6.45, 7) is 5.16. The number of carbonyl (C=O) groups excluding carboxylic acids is 1. The number of benzene rings is 1. The second kappa shape index (κ2) is 9.81. The van der Waals surface area contributed by atoms with Crippen molar-refractivity contribution < 1.29 is 18.7 Å². The third-order valence-corrected chi connectivity index (χ3v) is 6.39. The Labute approximate surface area is 183 Å². The first-order valence-corrected chi connectivity index (χ1v) is 11.4. The number of aryl methyl sites for hydroxylation is 1. The van der Waals surface area contributed by atoms with Gasteiger partial charge in [-0.2, -0.15) is 4.98 Å². The largest absolute Gasteiger partial charge is 0.414 e. The van der Waals surface area contributed by atoms with E-state index < -0.39 is 6.09 Å². The van der Waals surface area contributed by atoms with E-state index >= 15 is 0 Å². The molecule has 4 rings (SSSR count). The van der Waals surface area contributed by atoms with Gasteiger partial charge in [-0.25, -0.2) is 9.18 Å². The minimum atomic E-state index is -0.476. The van der Waals surface area contributed by atoms with Gasteiger partial charge in [0, 0.05) is 18.2 Å². The average molecular weight is 430 g/mol. The van der Waals surface area contributed by atoms with Gasteiger partial charge in [0.05, 0.1) is 18.3 Å². The van der Waals surface area contributed by atoms with Crippen LogP contribution in [0.25, 0.3) is 11.4 Å². The molecule has 1 N–H and O–H groups in total. The highest BCUT2D eigenvalue weighted by Gasteiger charge is 2.25. The molecular formula is C24H32FN3O3. The zero-order valence-electron chi connectivity index (χ0n) is 18.5. The average Bonchev–Trinajstić information content (AvgIpc) is 3.06. The lowest BCUT2D eigenvalue weighted by Gasteiger charge is -2.24. The Morgan fingerprint density at radius 1 is 1.19 bits per heavy atom. The molecule has 0 radical (unpaired) electrons. The van der Waals surface area contributed by atoms with Gasteiger partial charge in [-0.15, -0.1) is 0 Å². The van der Waals surface area contributed by atoms with E-state index in [2.05, 4.69) is 10.3 Å². The van der Waals surface area contributed by atoms with E-state index in [9.17, 15) is 9.18 Å². The predicted octanol–water partition coefficient (Wildman–Crippen LogP) is 5.30. The molecule has 2 aromatic rings. The van der Waals surface area contributed by atoms with Crippen LogP contribution in [0.3, 0.4) is 0 Å². The van der Waals surface area contributed by atoms with Gasteiger partial charge >= 0.3 is 6.09 Å². The van der Waals surface area contributed by atoms with Gasteiger partial charge in [0.2, 0.25) is 5.88 Å². The quantitative estimate of drug-likeness (QED) is 0.701. The standard InChI is InChI=1S/C24H32FN3O3/c1-16-11-12-18(25)14-21(16)22-27-23(31-24(29)26-19-8-4-3-5-9-19)17(2)28(22)15-20-10-6-7-13-30-20/h11-12,14,19-20H,3-10,13,15H2,1-2H3,(H,26,29). The number of nitrogens with one attached hydrogen (secondary N) is 1. The molecule has 1 aromatic heterocycles. The van der Waals surface area contributed by atoms with Crippen molar-refractivity contribution in [2.45, 2.75) is 83.9 Å². The lowest BCUT2D eigenvalue weighted by Crippen LogP contribution is -2.38. The van der Waals surface area contributed by atoms with Crippen LogP contribution in [0, 0.1) is 19.7 Å². The zero-order valence-corrected chi connectivity index (χ0v) is 18.5. The third-order valence-electron chi connectivity index (χ3n) is 6.39. The van der Waals surface area contributed by atoms with Crippen LogP contribution in [0.5, 0.6) is 5.88 Å². The summed E-state index contributed by atoms with van der Waals surface area (Å²) in [7, 11) is 0. The number of hydrogen-bond acceptors (Lipinski definition) is 4. The lowest BCUT2D eigenvalue weighted by atomic mass is 9.96. The summed E-state index contributed by atoms with van der Waals surface area (Å²) in [6, 6.07) is 4.83. The van der Waals surface area contributed by atoms with Crippen LogP contribution in [0.1, 0.15) is 62.6 Å². The van der Waals surface area contributed by atoms with Crippen molar-refractivity contribution in [3.8, 4) is 17.3 Å².